The summed E-state index contributed by atoms with van der Waals surface area (Å²) in [5.41, 5.74) is 4.62. The predicted molar refractivity (Wildman–Crippen MR) is 150 cm³/mol. The summed E-state index contributed by atoms with van der Waals surface area (Å²) in [5.74, 6) is 0.162. The molecule has 0 aliphatic carbocycles. The number of benzene rings is 2. The van der Waals surface area contributed by atoms with Gasteiger partial charge >= 0.3 is 8.56 Å². The maximum Gasteiger partial charge on any atom is 0.334 e. The van der Waals surface area contributed by atoms with Crippen LogP contribution in [0.25, 0.3) is 16.7 Å². The lowest BCUT2D eigenvalue weighted by atomic mass is 9.84. The number of carbonyl (C=O) groups is 1. The van der Waals surface area contributed by atoms with Crippen molar-refractivity contribution in [3.8, 4) is 11.4 Å². The molecular formula is C28H42N4O4Si. The fourth-order valence-corrected chi connectivity index (χ4v) is 6.87. The van der Waals surface area contributed by atoms with Crippen LogP contribution in [-0.2, 0) is 25.5 Å². The van der Waals surface area contributed by atoms with E-state index in [0.29, 0.717) is 38.3 Å². The van der Waals surface area contributed by atoms with E-state index in [1.165, 1.54) is 4.80 Å². The Bertz CT molecular complexity index is 1210. The Labute approximate surface area is 221 Å². The molecule has 202 valence electrons. The summed E-state index contributed by atoms with van der Waals surface area (Å²) >= 11 is 0. The first kappa shape index (κ1) is 28.8. The first-order chi connectivity index (χ1) is 17.5. The Morgan fingerprint density at radius 3 is 2.41 bits per heavy atom. The molecule has 0 saturated heterocycles. The van der Waals surface area contributed by atoms with Crippen molar-refractivity contribution >= 4 is 25.5 Å². The molecule has 8 nitrogen and oxygen atoms in total. The third-order valence-electron chi connectivity index (χ3n) is 6.38. The van der Waals surface area contributed by atoms with Gasteiger partial charge in [-0.05, 0) is 80.9 Å². The van der Waals surface area contributed by atoms with Gasteiger partial charge < -0.3 is 19.3 Å². The molecule has 9 heteroatoms. The van der Waals surface area contributed by atoms with Gasteiger partial charge in [-0.1, -0.05) is 32.9 Å². The molecule has 0 aliphatic rings. The Morgan fingerprint density at radius 2 is 1.76 bits per heavy atom. The average molecular weight is 527 g/mol. The van der Waals surface area contributed by atoms with E-state index in [0.717, 1.165) is 40.2 Å². The smallest absolute Gasteiger partial charge is 0.334 e. The van der Waals surface area contributed by atoms with Crippen molar-refractivity contribution in [3.05, 3.63) is 47.0 Å². The number of hydrogen-bond acceptors (Lipinski definition) is 6. The summed E-state index contributed by atoms with van der Waals surface area (Å²) in [7, 11) is -2.17. The highest BCUT2D eigenvalue weighted by atomic mass is 28.4. The Morgan fingerprint density at radius 1 is 1.08 bits per heavy atom. The van der Waals surface area contributed by atoms with Gasteiger partial charge in [0.15, 0.2) is 0 Å². The number of nitrogens with zero attached hydrogens (tertiary/aromatic N) is 3. The fraction of sp³-hybridized carbons (Fsp3) is 0.536. The molecule has 1 amide bonds. The number of phenolic OH excluding ortho intramolecular Hbond substituents is 1. The van der Waals surface area contributed by atoms with Crippen LogP contribution in [-0.4, -0.2) is 54.3 Å². The largest absolute Gasteiger partial charge is 0.505 e. The SMILES string of the molecule is CCO[Si](C)(CCCNC(=O)CCc1cc(-n2nc3ccc(C)cc3n2)c(O)c(C(C)(C)C)c1)OCC. The number of carbonyl (C=O) groups excluding carboxylic acids is 1. The van der Waals surface area contributed by atoms with Crippen LogP contribution in [0, 0.1) is 6.92 Å². The average Bonchev–Trinajstić information content (AvgIpc) is 3.23. The number of hydrogen-bond donors (Lipinski definition) is 2. The molecule has 37 heavy (non-hydrogen) atoms. The van der Waals surface area contributed by atoms with Crippen LogP contribution in [0.2, 0.25) is 12.6 Å². The Kier molecular flexibility index (Phi) is 9.50. The number of nitrogens with one attached hydrogen (secondary N) is 1. The van der Waals surface area contributed by atoms with E-state index in [2.05, 4.69) is 42.8 Å². The van der Waals surface area contributed by atoms with Gasteiger partial charge in [-0.15, -0.1) is 15.0 Å². The normalized spacial score (nSPS) is 12.3. The summed E-state index contributed by atoms with van der Waals surface area (Å²) in [6.07, 6.45) is 1.73. The van der Waals surface area contributed by atoms with Crippen LogP contribution in [0.4, 0.5) is 0 Å². The quantitative estimate of drug-likeness (QED) is 0.245. The lowest BCUT2D eigenvalue weighted by Gasteiger charge is -2.25. The number of fused-ring (bicyclic) bond motifs is 1. The molecule has 0 atom stereocenters. The molecule has 1 heterocycles. The third kappa shape index (κ3) is 7.63. The van der Waals surface area contributed by atoms with Crippen LogP contribution in [0.3, 0.4) is 0 Å². The second-order valence-corrected chi connectivity index (χ2v) is 14.0. The predicted octanol–water partition coefficient (Wildman–Crippen LogP) is 5.32. The van der Waals surface area contributed by atoms with Gasteiger partial charge in [-0.2, -0.15) is 0 Å². The number of aromatic nitrogens is 3. The van der Waals surface area contributed by atoms with Crippen molar-refractivity contribution in [1.82, 2.24) is 20.3 Å². The van der Waals surface area contributed by atoms with Crippen molar-refractivity contribution in [3.63, 3.8) is 0 Å². The van der Waals surface area contributed by atoms with Gasteiger partial charge in [0, 0.05) is 31.7 Å². The van der Waals surface area contributed by atoms with Crippen LogP contribution < -0.4 is 5.32 Å². The van der Waals surface area contributed by atoms with Crippen molar-refractivity contribution in [1.29, 1.82) is 0 Å². The van der Waals surface area contributed by atoms with E-state index in [-0.39, 0.29) is 17.1 Å². The van der Waals surface area contributed by atoms with Gasteiger partial charge in [0.2, 0.25) is 5.91 Å². The molecular weight excluding hydrogens is 484 g/mol. The maximum atomic E-state index is 12.6. The molecule has 2 N–H and O–H groups in total. The first-order valence-corrected chi connectivity index (χ1v) is 15.7. The molecule has 0 saturated carbocycles. The van der Waals surface area contributed by atoms with Crippen LogP contribution in [0.5, 0.6) is 5.75 Å². The second kappa shape index (κ2) is 12.2. The van der Waals surface area contributed by atoms with E-state index in [4.69, 9.17) is 8.85 Å². The lowest BCUT2D eigenvalue weighted by molar-refractivity contribution is -0.121. The molecule has 1 aromatic heterocycles. The minimum atomic E-state index is -2.17. The summed E-state index contributed by atoms with van der Waals surface area (Å²) in [4.78, 5) is 14.1. The molecule has 0 spiro atoms. The zero-order valence-electron chi connectivity index (χ0n) is 23.4. The molecule has 0 bridgehead atoms. The van der Waals surface area contributed by atoms with Crippen molar-refractivity contribution in [2.24, 2.45) is 0 Å². The molecule has 3 rings (SSSR count). The number of aryl methyl sites for hydroxylation is 2. The van der Waals surface area contributed by atoms with Gasteiger partial charge in [-0.3, -0.25) is 4.79 Å². The Balaban J connectivity index is 1.70. The highest BCUT2D eigenvalue weighted by Crippen LogP contribution is 2.36. The van der Waals surface area contributed by atoms with E-state index < -0.39 is 8.56 Å². The van der Waals surface area contributed by atoms with Crippen molar-refractivity contribution in [2.45, 2.75) is 78.8 Å². The topological polar surface area (TPSA) is 98.5 Å². The van der Waals surface area contributed by atoms with Crippen LogP contribution in [0.1, 0.15) is 64.2 Å². The molecule has 2 aromatic carbocycles. The van der Waals surface area contributed by atoms with Crippen molar-refractivity contribution < 1.29 is 18.8 Å². The maximum absolute atomic E-state index is 12.6. The van der Waals surface area contributed by atoms with Gasteiger partial charge in [-0.25, -0.2) is 0 Å². The third-order valence-corrected chi connectivity index (χ3v) is 9.44. The summed E-state index contributed by atoms with van der Waals surface area (Å²) in [6.45, 7) is 16.1. The van der Waals surface area contributed by atoms with Crippen LogP contribution in [0.15, 0.2) is 30.3 Å². The highest BCUT2D eigenvalue weighted by Gasteiger charge is 2.30. The molecule has 3 aromatic rings. The monoisotopic (exact) mass is 526 g/mol. The van der Waals surface area contributed by atoms with Gasteiger partial charge in [0.25, 0.3) is 0 Å². The molecule has 0 aliphatic heterocycles. The molecule has 0 fully saturated rings. The molecule has 0 unspecified atom stereocenters. The fourth-order valence-electron chi connectivity index (χ4n) is 4.46. The van der Waals surface area contributed by atoms with Gasteiger partial charge in [0.05, 0.1) is 0 Å². The van der Waals surface area contributed by atoms with E-state index in [9.17, 15) is 9.90 Å². The summed E-state index contributed by atoms with van der Waals surface area (Å²) in [5, 5.41) is 23.4. The van der Waals surface area contributed by atoms with E-state index in [1.54, 1.807) is 0 Å². The highest BCUT2D eigenvalue weighted by molar-refractivity contribution is 6.66. The van der Waals surface area contributed by atoms with Crippen molar-refractivity contribution in [2.75, 3.05) is 19.8 Å². The summed E-state index contributed by atoms with van der Waals surface area (Å²) < 4.78 is 11.7. The molecule has 0 radical (unpaired) electrons. The van der Waals surface area contributed by atoms with Crippen LogP contribution >= 0.6 is 0 Å². The lowest BCUT2D eigenvalue weighted by Crippen LogP contribution is -2.39. The van der Waals surface area contributed by atoms with Gasteiger partial charge in [0.1, 0.15) is 22.5 Å². The first-order valence-electron chi connectivity index (χ1n) is 13.2. The van der Waals surface area contributed by atoms with E-state index >= 15 is 0 Å². The minimum absolute atomic E-state index is 0.00144. The minimum Gasteiger partial charge on any atom is -0.505 e. The zero-order chi connectivity index (χ0) is 27.2. The second-order valence-electron chi connectivity index (χ2n) is 10.7. The number of aromatic hydroxyl groups is 1. The number of amides is 1. The summed E-state index contributed by atoms with van der Waals surface area (Å²) in [6, 6.07) is 10.6. The number of phenols is 1. The standard InChI is InChI=1S/C28H42N4O4Si/c1-8-35-37(7,36-9-2)16-10-15-29-26(33)14-12-21-18-22(28(4,5)6)27(34)25(19-21)32-30-23-13-11-20(3)17-24(23)31-32/h11,13,17-19,34H,8-10,12,14-16H2,1-7H3,(H,29,33). The Hall–Kier alpha value is -2.75. The zero-order valence-corrected chi connectivity index (χ0v) is 24.4. The van der Waals surface area contributed by atoms with E-state index in [1.807, 2.05) is 51.1 Å². The number of rotatable bonds is 12.